The first-order valence-electron chi connectivity index (χ1n) is 5.54. The first kappa shape index (κ1) is 16.0. The molecule has 0 aromatic carbocycles. The summed E-state index contributed by atoms with van der Waals surface area (Å²) in [4.78, 5) is 13.8. The molecule has 0 radical (unpaired) electrons. The highest BCUT2D eigenvalue weighted by molar-refractivity contribution is 7.89. The molecule has 1 saturated heterocycles. The highest BCUT2D eigenvalue weighted by atomic mass is 35.5. The summed E-state index contributed by atoms with van der Waals surface area (Å²) in [5, 5.41) is 7.68. The zero-order valence-corrected chi connectivity index (χ0v) is 12.0. The van der Waals surface area contributed by atoms with E-state index in [1.807, 2.05) is 6.92 Å². The van der Waals surface area contributed by atoms with E-state index in [0.29, 0.717) is 19.6 Å². The van der Waals surface area contributed by atoms with Crippen LogP contribution in [0.1, 0.15) is 17.5 Å². The van der Waals surface area contributed by atoms with Crippen LogP contribution < -0.4 is 10.5 Å². The Bertz CT molecular complexity index is 557. The zero-order chi connectivity index (χ0) is 13.3. The number of nitrogens with zero attached hydrogens (tertiary/aromatic N) is 1. The Labute approximate surface area is 117 Å². The van der Waals surface area contributed by atoms with Gasteiger partial charge in [-0.1, -0.05) is 0 Å². The van der Waals surface area contributed by atoms with Crippen LogP contribution in [0, 0.1) is 0 Å². The standard InChI is InChI=1S/C10H15N3O4S.ClH/c1-7-6-12-4-5-13(7)10(14)8-2-3-9(17-8)18(11,15)16;/h2-3,7,12H,4-6H2,1H3,(H2,11,15,16);1H/t7-;/m0./s1. The minimum atomic E-state index is -3.91. The van der Waals surface area contributed by atoms with Gasteiger partial charge in [0, 0.05) is 25.7 Å². The van der Waals surface area contributed by atoms with E-state index in [4.69, 9.17) is 9.56 Å². The Balaban J connectivity index is 0.00000180. The van der Waals surface area contributed by atoms with Crippen LogP contribution in [-0.4, -0.2) is 44.9 Å². The molecule has 3 N–H and O–H groups in total. The molecule has 1 atom stereocenters. The summed E-state index contributed by atoms with van der Waals surface area (Å²) in [5.41, 5.74) is 0. The van der Waals surface area contributed by atoms with Crippen molar-refractivity contribution in [1.29, 1.82) is 0 Å². The van der Waals surface area contributed by atoms with Gasteiger partial charge in [0.05, 0.1) is 0 Å². The summed E-state index contributed by atoms with van der Waals surface area (Å²) in [6.07, 6.45) is 0. The van der Waals surface area contributed by atoms with Crippen LogP contribution in [0.2, 0.25) is 0 Å². The van der Waals surface area contributed by atoms with E-state index >= 15 is 0 Å². The Hall–Kier alpha value is -1.09. The largest absolute Gasteiger partial charge is 0.438 e. The van der Waals surface area contributed by atoms with Gasteiger partial charge in [-0.2, -0.15) is 0 Å². The predicted molar refractivity (Wildman–Crippen MR) is 70.7 cm³/mol. The lowest BCUT2D eigenvalue weighted by atomic mass is 10.2. The molecule has 7 nitrogen and oxygen atoms in total. The van der Waals surface area contributed by atoms with E-state index in [1.54, 1.807) is 4.90 Å². The van der Waals surface area contributed by atoms with Crippen molar-refractivity contribution in [3.63, 3.8) is 0 Å². The van der Waals surface area contributed by atoms with Gasteiger partial charge in [0.2, 0.25) is 5.09 Å². The molecule has 1 fully saturated rings. The van der Waals surface area contributed by atoms with E-state index in [9.17, 15) is 13.2 Å². The summed E-state index contributed by atoms with van der Waals surface area (Å²) in [6.45, 7) is 3.88. The monoisotopic (exact) mass is 309 g/mol. The van der Waals surface area contributed by atoms with Crippen molar-refractivity contribution in [3.8, 4) is 0 Å². The number of furan rings is 1. The van der Waals surface area contributed by atoms with Crippen LogP contribution in [-0.2, 0) is 10.0 Å². The van der Waals surface area contributed by atoms with Crippen molar-refractivity contribution in [3.05, 3.63) is 17.9 Å². The number of halogens is 1. The third kappa shape index (κ3) is 3.47. The lowest BCUT2D eigenvalue weighted by Gasteiger charge is -2.33. The highest BCUT2D eigenvalue weighted by Gasteiger charge is 2.27. The van der Waals surface area contributed by atoms with E-state index < -0.39 is 15.1 Å². The number of hydrogen-bond acceptors (Lipinski definition) is 5. The van der Waals surface area contributed by atoms with Crippen molar-refractivity contribution in [1.82, 2.24) is 10.2 Å². The van der Waals surface area contributed by atoms with Gasteiger partial charge in [-0.15, -0.1) is 12.4 Å². The van der Waals surface area contributed by atoms with Gasteiger partial charge in [-0.05, 0) is 19.1 Å². The molecule has 1 aromatic heterocycles. The average Bonchev–Trinajstić information content (AvgIpc) is 2.77. The molecule has 0 unspecified atom stereocenters. The van der Waals surface area contributed by atoms with Crippen molar-refractivity contribution < 1.29 is 17.6 Å². The summed E-state index contributed by atoms with van der Waals surface area (Å²) < 4.78 is 27.1. The van der Waals surface area contributed by atoms with Crippen molar-refractivity contribution in [2.24, 2.45) is 5.14 Å². The molecule has 2 heterocycles. The second kappa shape index (κ2) is 5.91. The third-order valence-electron chi connectivity index (χ3n) is 2.83. The van der Waals surface area contributed by atoms with Crippen molar-refractivity contribution >= 4 is 28.3 Å². The maximum Gasteiger partial charge on any atom is 0.289 e. The van der Waals surface area contributed by atoms with E-state index in [0.717, 1.165) is 0 Å². The fourth-order valence-corrected chi connectivity index (χ4v) is 2.34. The molecule has 0 spiro atoms. The molecule has 1 aliphatic rings. The molecule has 9 heteroatoms. The number of piperazine rings is 1. The molecule has 1 aliphatic heterocycles. The van der Waals surface area contributed by atoms with Gasteiger partial charge < -0.3 is 14.6 Å². The summed E-state index contributed by atoms with van der Waals surface area (Å²) >= 11 is 0. The van der Waals surface area contributed by atoms with Crippen LogP contribution >= 0.6 is 12.4 Å². The summed E-state index contributed by atoms with van der Waals surface area (Å²) in [6, 6.07) is 2.56. The topological polar surface area (TPSA) is 106 Å². The molecule has 0 bridgehead atoms. The normalized spacial score (nSPS) is 19.9. The number of amides is 1. The van der Waals surface area contributed by atoms with E-state index in [1.165, 1.54) is 12.1 Å². The summed E-state index contributed by atoms with van der Waals surface area (Å²) in [7, 11) is -3.91. The number of nitrogens with two attached hydrogens (primary N) is 1. The predicted octanol–water partition coefficient (Wildman–Crippen LogP) is -0.217. The average molecular weight is 310 g/mol. The molecular formula is C10H16ClN3O4S. The Morgan fingerprint density at radius 1 is 1.53 bits per heavy atom. The smallest absolute Gasteiger partial charge is 0.289 e. The third-order valence-corrected chi connectivity index (χ3v) is 3.61. The fourth-order valence-electron chi connectivity index (χ4n) is 1.87. The molecule has 0 aliphatic carbocycles. The van der Waals surface area contributed by atoms with Crippen LogP contribution in [0.3, 0.4) is 0 Å². The Morgan fingerprint density at radius 2 is 2.21 bits per heavy atom. The van der Waals surface area contributed by atoms with Crippen LogP contribution in [0.25, 0.3) is 0 Å². The molecule has 0 saturated carbocycles. The maximum atomic E-state index is 12.1. The van der Waals surface area contributed by atoms with Gasteiger partial charge in [0.1, 0.15) is 0 Å². The minimum absolute atomic E-state index is 0. The molecule has 19 heavy (non-hydrogen) atoms. The first-order chi connectivity index (χ1) is 8.39. The minimum Gasteiger partial charge on any atom is -0.438 e. The van der Waals surface area contributed by atoms with Crippen molar-refractivity contribution in [2.45, 2.75) is 18.1 Å². The Kier molecular flexibility index (Phi) is 4.97. The highest BCUT2D eigenvalue weighted by Crippen LogP contribution is 2.16. The van der Waals surface area contributed by atoms with E-state index in [2.05, 4.69) is 5.32 Å². The fraction of sp³-hybridized carbons (Fsp3) is 0.500. The molecular weight excluding hydrogens is 294 g/mol. The summed E-state index contributed by atoms with van der Waals surface area (Å²) in [5.74, 6) is -0.327. The lowest BCUT2D eigenvalue weighted by Crippen LogP contribution is -2.52. The number of primary sulfonamides is 1. The quantitative estimate of drug-likeness (QED) is 0.786. The van der Waals surface area contributed by atoms with Gasteiger partial charge in [-0.25, -0.2) is 13.6 Å². The zero-order valence-electron chi connectivity index (χ0n) is 10.3. The van der Waals surface area contributed by atoms with Gasteiger partial charge in [-0.3, -0.25) is 4.79 Å². The molecule has 108 valence electrons. The number of sulfonamides is 1. The van der Waals surface area contributed by atoms with Crippen molar-refractivity contribution in [2.75, 3.05) is 19.6 Å². The van der Waals surface area contributed by atoms with Gasteiger partial charge >= 0.3 is 0 Å². The maximum absolute atomic E-state index is 12.1. The molecule has 2 rings (SSSR count). The number of nitrogens with one attached hydrogen (secondary N) is 1. The SMILES string of the molecule is C[C@H]1CNCCN1C(=O)c1ccc(S(N)(=O)=O)o1.Cl. The van der Waals surface area contributed by atoms with Gasteiger partial charge in [0.25, 0.3) is 15.9 Å². The number of carbonyl (C=O) groups is 1. The second-order valence-electron chi connectivity index (χ2n) is 4.22. The number of hydrogen-bond donors (Lipinski definition) is 2. The Morgan fingerprint density at radius 3 is 2.74 bits per heavy atom. The number of carbonyl (C=O) groups excluding carboxylic acids is 1. The lowest BCUT2D eigenvalue weighted by molar-refractivity contribution is 0.0617. The van der Waals surface area contributed by atoms with E-state index in [-0.39, 0.29) is 30.1 Å². The second-order valence-corrected chi connectivity index (χ2v) is 5.71. The molecule has 1 aromatic rings. The van der Waals surface area contributed by atoms with Gasteiger partial charge in [0.15, 0.2) is 5.76 Å². The van der Waals surface area contributed by atoms with Crippen LogP contribution in [0.4, 0.5) is 0 Å². The molecule has 1 amide bonds. The van der Waals surface area contributed by atoms with Crippen LogP contribution in [0.5, 0.6) is 0 Å². The van der Waals surface area contributed by atoms with Crippen LogP contribution in [0.15, 0.2) is 21.6 Å². The first-order valence-corrected chi connectivity index (χ1v) is 7.08. The number of rotatable bonds is 2.